The SMILES string of the molecule is CCC(C)(C)N.CNC(=O)NC(C)(C)CC(C)C. The van der Waals surface area contributed by atoms with Crippen LogP contribution >= 0.6 is 0 Å². The highest BCUT2D eigenvalue weighted by molar-refractivity contribution is 5.74. The van der Waals surface area contributed by atoms with E-state index in [4.69, 9.17) is 5.73 Å². The van der Waals surface area contributed by atoms with Gasteiger partial charge in [0.15, 0.2) is 0 Å². The Bertz CT molecular complexity index is 230. The summed E-state index contributed by atoms with van der Waals surface area (Å²) in [7, 11) is 1.63. The maximum Gasteiger partial charge on any atom is 0.314 e. The maximum atomic E-state index is 11.0. The lowest BCUT2D eigenvalue weighted by Crippen LogP contribution is -2.48. The minimum atomic E-state index is -0.117. The zero-order valence-corrected chi connectivity index (χ0v) is 13.5. The standard InChI is InChI=1S/C9H20N2O.C5H13N/c1-7(2)6-9(3,4)11-8(12)10-5;1-4-5(2,3)6/h7H,6H2,1-5H3,(H2,10,11,12);4,6H2,1-3H3. The summed E-state index contributed by atoms with van der Waals surface area (Å²) in [5, 5.41) is 5.43. The van der Waals surface area contributed by atoms with E-state index < -0.39 is 0 Å². The third kappa shape index (κ3) is 15.2. The van der Waals surface area contributed by atoms with Crippen LogP contribution in [-0.2, 0) is 0 Å². The van der Waals surface area contributed by atoms with Crippen molar-refractivity contribution in [3.05, 3.63) is 0 Å². The predicted molar refractivity (Wildman–Crippen MR) is 79.7 cm³/mol. The smallest absolute Gasteiger partial charge is 0.314 e. The molecule has 0 aliphatic carbocycles. The summed E-state index contributed by atoms with van der Waals surface area (Å²) in [6, 6.07) is -0.111. The van der Waals surface area contributed by atoms with Crippen LogP contribution in [-0.4, -0.2) is 24.2 Å². The molecule has 0 aliphatic heterocycles. The first-order valence-electron chi connectivity index (χ1n) is 6.72. The average molecular weight is 259 g/mol. The highest BCUT2D eigenvalue weighted by Gasteiger charge is 2.20. The Kier molecular flexibility index (Phi) is 9.08. The normalized spacial score (nSPS) is 11.7. The number of hydrogen-bond acceptors (Lipinski definition) is 2. The molecule has 0 rings (SSSR count). The van der Waals surface area contributed by atoms with Gasteiger partial charge < -0.3 is 16.4 Å². The molecule has 4 nitrogen and oxygen atoms in total. The third-order valence-corrected chi connectivity index (χ3v) is 2.51. The van der Waals surface area contributed by atoms with Gasteiger partial charge >= 0.3 is 6.03 Å². The van der Waals surface area contributed by atoms with Crippen molar-refractivity contribution in [2.24, 2.45) is 11.7 Å². The summed E-state index contributed by atoms with van der Waals surface area (Å²) in [6.07, 6.45) is 2.04. The Labute approximate surface area is 113 Å². The van der Waals surface area contributed by atoms with Crippen LogP contribution in [0.25, 0.3) is 0 Å². The van der Waals surface area contributed by atoms with Gasteiger partial charge in [0.2, 0.25) is 0 Å². The van der Waals surface area contributed by atoms with Crippen molar-refractivity contribution in [2.75, 3.05) is 7.05 Å². The number of nitrogens with one attached hydrogen (secondary N) is 2. The lowest BCUT2D eigenvalue weighted by molar-refractivity contribution is 0.226. The fourth-order valence-corrected chi connectivity index (χ4v) is 1.44. The monoisotopic (exact) mass is 259 g/mol. The second-order valence-electron chi connectivity index (χ2n) is 6.53. The van der Waals surface area contributed by atoms with E-state index in [0.717, 1.165) is 12.8 Å². The maximum absolute atomic E-state index is 11.0. The van der Waals surface area contributed by atoms with E-state index >= 15 is 0 Å². The van der Waals surface area contributed by atoms with Crippen molar-refractivity contribution >= 4 is 6.03 Å². The molecule has 0 aliphatic rings. The first kappa shape index (κ1) is 19.6. The second kappa shape index (κ2) is 8.35. The molecule has 0 radical (unpaired) electrons. The largest absolute Gasteiger partial charge is 0.341 e. The highest BCUT2D eigenvalue weighted by Crippen LogP contribution is 2.14. The van der Waals surface area contributed by atoms with Gasteiger partial charge in [-0.25, -0.2) is 4.79 Å². The lowest BCUT2D eigenvalue weighted by atomic mass is 9.93. The van der Waals surface area contributed by atoms with Crippen molar-refractivity contribution in [1.29, 1.82) is 0 Å². The number of carbonyl (C=O) groups excluding carboxylic acids is 1. The van der Waals surface area contributed by atoms with Crippen LogP contribution in [0.15, 0.2) is 0 Å². The number of amides is 2. The van der Waals surface area contributed by atoms with Crippen molar-refractivity contribution < 1.29 is 4.79 Å². The summed E-state index contributed by atoms with van der Waals surface area (Å²) in [5.41, 5.74) is 5.46. The van der Waals surface area contributed by atoms with Gasteiger partial charge in [-0.05, 0) is 46.5 Å². The van der Waals surface area contributed by atoms with Gasteiger partial charge in [-0.3, -0.25) is 0 Å². The van der Waals surface area contributed by atoms with E-state index in [1.54, 1.807) is 7.05 Å². The molecule has 0 aromatic rings. The van der Waals surface area contributed by atoms with Gasteiger partial charge in [0.1, 0.15) is 0 Å². The zero-order chi connectivity index (χ0) is 15.0. The average Bonchev–Trinajstić information content (AvgIpc) is 2.14. The molecular formula is C14H33N3O. The quantitative estimate of drug-likeness (QED) is 0.726. The van der Waals surface area contributed by atoms with Crippen LogP contribution in [0, 0.1) is 5.92 Å². The molecule has 0 saturated heterocycles. The van der Waals surface area contributed by atoms with E-state index in [2.05, 4.69) is 31.4 Å². The first-order chi connectivity index (χ1) is 7.93. The first-order valence-corrected chi connectivity index (χ1v) is 6.72. The van der Waals surface area contributed by atoms with E-state index in [9.17, 15) is 4.79 Å². The lowest BCUT2D eigenvalue weighted by Gasteiger charge is -2.27. The summed E-state index contributed by atoms with van der Waals surface area (Å²) in [5.74, 6) is 0.595. The summed E-state index contributed by atoms with van der Waals surface area (Å²) in [4.78, 5) is 11.0. The van der Waals surface area contributed by atoms with E-state index in [1.165, 1.54) is 0 Å². The van der Waals surface area contributed by atoms with Gasteiger partial charge in [0.25, 0.3) is 0 Å². The Hall–Kier alpha value is -0.770. The number of nitrogens with two attached hydrogens (primary N) is 1. The molecule has 0 unspecified atom stereocenters. The predicted octanol–water partition coefficient (Wildman–Crippen LogP) is 2.87. The fraction of sp³-hybridized carbons (Fsp3) is 0.929. The topological polar surface area (TPSA) is 67.1 Å². The fourth-order valence-electron chi connectivity index (χ4n) is 1.44. The molecular weight excluding hydrogens is 226 g/mol. The second-order valence-corrected chi connectivity index (χ2v) is 6.53. The minimum absolute atomic E-state index is 0.0417. The number of hydrogen-bond donors (Lipinski definition) is 3. The van der Waals surface area contributed by atoms with E-state index in [1.807, 2.05) is 27.7 Å². The molecule has 0 atom stereocenters. The summed E-state index contributed by atoms with van der Waals surface area (Å²) in [6.45, 7) is 14.5. The minimum Gasteiger partial charge on any atom is -0.341 e. The van der Waals surface area contributed by atoms with Gasteiger partial charge in [-0.15, -0.1) is 0 Å². The number of carbonyl (C=O) groups is 1. The van der Waals surface area contributed by atoms with E-state index in [-0.39, 0.29) is 17.1 Å². The Balaban J connectivity index is 0. The Morgan fingerprint density at radius 2 is 1.61 bits per heavy atom. The van der Waals surface area contributed by atoms with Crippen LogP contribution in [0.5, 0.6) is 0 Å². The summed E-state index contributed by atoms with van der Waals surface area (Å²) < 4.78 is 0. The van der Waals surface area contributed by atoms with Crippen LogP contribution in [0.2, 0.25) is 0 Å². The van der Waals surface area contributed by atoms with Crippen molar-refractivity contribution in [2.45, 2.75) is 72.4 Å². The van der Waals surface area contributed by atoms with Crippen LogP contribution in [0.3, 0.4) is 0 Å². The zero-order valence-electron chi connectivity index (χ0n) is 13.5. The van der Waals surface area contributed by atoms with Gasteiger partial charge in [-0.1, -0.05) is 20.8 Å². The molecule has 0 fully saturated rings. The number of urea groups is 1. The molecule has 18 heavy (non-hydrogen) atoms. The van der Waals surface area contributed by atoms with Crippen molar-refractivity contribution in [1.82, 2.24) is 10.6 Å². The molecule has 0 heterocycles. The molecule has 0 spiro atoms. The van der Waals surface area contributed by atoms with E-state index in [0.29, 0.717) is 5.92 Å². The molecule has 0 aromatic heterocycles. The van der Waals surface area contributed by atoms with Crippen molar-refractivity contribution in [3.8, 4) is 0 Å². The third-order valence-electron chi connectivity index (χ3n) is 2.51. The molecule has 0 bridgehead atoms. The van der Waals surface area contributed by atoms with Gasteiger partial charge in [-0.2, -0.15) is 0 Å². The van der Waals surface area contributed by atoms with Gasteiger partial charge in [0.05, 0.1) is 0 Å². The number of rotatable bonds is 4. The molecule has 4 N–H and O–H groups in total. The Morgan fingerprint density at radius 1 is 1.22 bits per heavy atom. The van der Waals surface area contributed by atoms with Gasteiger partial charge in [0, 0.05) is 18.1 Å². The molecule has 2 amide bonds. The van der Waals surface area contributed by atoms with Crippen LogP contribution < -0.4 is 16.4 Å². The Morgan fingerprint density at radius 3 is 1.83 bits per heavy atom. The molecule has 4 heteroatoms. The highest BCUT2D eigenvalue weighted by atomic mass is 16.2. The molecule has 110 valence electrons. The van der Waals surface area contributed by atoms with Crippen LogP contribution in [0.4, 0.5) is 4.79 Å². The van der Waals surface area contributed by atoms with Crippen molar-refractivity contribution in [3.63, 3.8) is 0 Å². The molecule has 0 aromatic carbocycles. The molecule has 0 saturated carbocycles. The summed E-state index contributed by atoms with van der Waals surface area (Å²) >= 11 is 0. The van der Waals surface area contributed by atoms with Crippen LogP contribution in [0.1, 0.15) is 61.3 Å².